The van der Waals surface area contributed by atoms with E-state index >= 15 is 0 Å². The van der Waals surface area contributed by atoms with Crippen molar-refractivity contribution in [1.29, 1.82) is 0 Å². The number of fused-ring (bicyclic) bond motifs is 1. The van der Waals surface area contributed by atoms with Gasteiger partial charge in [0.05, 0.1) is 12.3 Å². The van der Waals surface area contributed by atoms with Gasteiger partial charge in [-0.3, -0.25) is 0 Å². The van der Waals surface area contributed by atoms with Gasteiger partial charge in [0.2, 0.25) is 11.6 Å². The smallest absolute Gasteiger partial charge is 0.231 e. The number of aromatic amines is 1. The topological polar surface area (TPSA) is 70.8 Å². The SMILES string of the molecule is [C-]#[N+]c1cnc(NCc2ccc(-c3cccs3)cc2)nc1-c1c[nH]c2ncc(C)cc12. The summed E-state index contributed by atoms with van der Waals surface area (Å²) in [6.45, 7) is 10.1. The van der Waals surface area contributed by atoms with Crippen LogP contribution < -0.4 is 5.32 Å². The zero-order valence-electron chi connectivity index (χ0n) is 16.8. The fraction of sp³-hybridized carbons (Fsp3) is 0.0833. The fourth-order valence-electron chi connectivity index (χ4n) is 3.46. The Morgan fingerprint density at radius 1 is 1.13 bits per heavy atom. The number of hydrogen-bond donors (Lipinski definition) is 2. The Balaban J connectivity index is 1.41. The van der Waals surface area contributed by atoms with Crippen LogP contribution in [0.3, 0.4) is 0 Å². The number of anilines is 1. The molecule has 4 heterocycles. The summed E-state index contributed by atoms with van der Waals surface area (Å²) < 4.78 is 0. The molecule has 0 amide bonds. The van der Waals surface area contributed by atoms with Gasteiger partial charge in [-0.15, -0.1) is 11.3 Å². The van der Waals surface area contributed by atoms with Crippen molar-refractivity contribution in [3.05, 3.63) is 89.0 Å². The van der Waals surface area contributed by atoms with Crippen LogP contribution in [0.4, 0.5) is 11.6 Å². The molecule has 1 aromatic carbocycles. The lowest BCUT2D eigenvalue weighted by Crippen LogP contribution is -2.04. The highest BCUT2D eigenvalue weighted by molar-refractivity contribution is 7.13. The monoisotopic (exact) mass is 422 g/mol. The number of hydrogen-bond acceptors (Lipinski definition) is 5. The summed E-state index contributed by atoms with van der Waals surface area (Å²) in [5.74, 6) is 0.486. The zero-order chi connectivity index (χ0) is 21.2. The van der Waals surface area contributed by atoms with Crippen molar-refractivity contribution >= 4 is 34.0 Å². The molecule has 0 atom stereocenters. The Hall–Kier alpha value is -4.02. The molecular weight excluding hydrogens is 404 g/mol. The molecule has 0 saturated carbocycles. The van der Waals surface area contributed by atoms with E-state index in [-0.39, 0.29) is 0 Å². The summed E-state index contributed by atoms with van der Waals surface area (Å²) in [5.41, 5.74) is 6.02. The number of pyridine rings is 1. The van der Waals surface area contributed by atoms with Crippen LogP contribution in [-0.2, 0) is 6.54 Å². The normalized spacial score (nSPS) is 10.8. The Kier molecular flexibility index (Phi) is 4.90. The predicted octanol–water partition coefficient (Wildman–Crippen LogP) is 6.22. The zero-order valence-corrected chi connectivity index (χ0v) is 17.6. The molecule has 5 rings (SSSR count). The quantitative estimate of drug-likeness (QED) is 0.330. The molecule has 150 valence electrons. The summed E-state index contributed by atoms with van der Waals surface area (Å²) in [7, 11) is 0. The first-order valence-corrected chi connectivity index (χ1v) is 10.6. The maximum atomic E-state index is 7.52. The van der Waals surface area contributed by atoms with E-state index in [9.17, 15) is 0 Å². The predicted molar refractivity (Wildman–Crippen MR) is 125 cm³/mol. The van der Waals surface area contributed by atoms with Gasteiger partial charge in [0.25, 0.3) is 0 Å². The fourth-order valence-corrected chi connectivity index (χ4v) is 4.19. The standard InChI is InChI=1S/C24H18N6S/c1-15-10-18-19(13-27-23(18)26-11-15)22-20(25-2)14-29-24(30-22)28-12-16-5-7-17(8-6-16)21-4-3-9-31-21/h3-11,13-14H,12H2,1H3,(H,26,27)(H,28,29,30). The molecule has 0 unspecified atom stereocenters. The van der Waals surface area contributed by atoms with Crippen molar-refractivity contribution < 1.29 is 0 Å². The van der Waals surface area contributed by atoms with Crippen LogP contribution in [0.25, 0.3) is 37.6 Å². The largest absolute Gasteiger partial charge is 0.350 e. The summed E-state index contributed by atoms with van der Waals surface area (Å²) in [5, 5.41) is 6.30. The highest BCUT2D eigenvalue weighted by Crippen LogP contribution is 2.34. The lowest BCUT2D eigenvalue weighted by atomic mass is 10.1. The van der Waals surface area contributed by atoms with Crippen LogP contribution in [-0.4, -0.2) is 19.9 Å². The Labute approximate surface area is 183 Å². The maximum absolute atomic E-state index is 7.52. The van der Waals surface area contributed by atoms with Gasteiger partial charge in [0.1, 0.15) is 5.65 Å². The first-order valence-electron chi connectivity index (χ1n) is 9.76. The number of benzene rings is 1. The van der Waals surface area contributed by atoms with Gasteiger partial charge in [-0.2, -0.15) is 0 Å². The first kappa shape index (κ1) is 19.0. The molecule has 7 heteroatoms. The second kappa shape index (κ2) is 8.01. The van der Waals surface area contributed by atoms with E-state index in [1.54, 1.807) is 17.5 Å². The Morgan fingerprint density at radius 2 is 2.00 bits per heavy atom. The Morgan fingerprint density at radius 3 is 2.77 bits per heavy atom. The van der Waals surface area contributed by atoms with Gasteiger partial charge >= 0.3 is 0 Å². The highest BCUT2D eigenvalue weighted by Gasteiger charge is 2.15. The van der Waals surface area contributed by atoms with Crippen LogP contribution in [0.2, 0.25) is 0 Å². The van der Waals surface area contributed by atoms with Gasteiger partial charge in [0.15, 0.2) is 0 Å². The summed E-state index contributed by atoms with van der Waals surface area (Å²) in [6.07, 6.45) is 5.23. The van der Waals surface area contributed by atoms with E-state index in [4.69, 9.17) is 6.57 Å². The summed E-state index contributed by atoms with van der Waals surface area (Å²) >= 11 is 1.73. The van der Waals surface area contributed by atoms with E-state index in [1.165, 1.54) is 10.4 Å². The molecule has 4 aromatic heterocycles. The molecule has 0 radical (unpaired) electrons. The number of H-pyrrole nitrogens is 1. The van der Waals surface area contributed by atoms with Gasteiger partial charge in [-0.1, -0.05) is 30.3 Å². The average Bonchev–Trinajstić information content (AvgIpc) is 3.48. The molecule has 0 aliphatic rings. The number of thiophene rings is 1. The van der Waals surface area contributed by atoms with Gasteiger partial charge < -0.3 is 10.3 Å². The number of nitrogens with zero attached hydrogens (tertiary/aromatic N) is 4. The molecule has 0 aliphatic heterocycles. The van der Waals surface area contributed by atoms with E-state index in [0.717, 1.165) is 27.7 Å². The van der Waals surface area contributed by atoms with Gasteiger partial charge in [-0.25, -0.2) is 19.8 Å². The van der Waals surface area contributed by atoms with Crippen molar-refractivity contribution in [2.24, 2.45) is 0 Å². The van der Waals surface area contributed by atoms with Crippen molar-refractivity contribution in [1.82, 2.24) is 19.9 Å². The molecule has 31 heavy (non-hydrogen) atoms. The van der Waals surface area contributed by atoms with Crippen molar-refractivity contribution in [3.8, 4) is 21.7 Å². The van der Waals surface area contributed by atoms with Crippen LogP contribution in [0.5, 0.6) is 0 Å². The number of rotatable bonds is 5. The minimum atomic E-state index is 0.410. The molecule has 5 aromatic rings. The first-order chi connectivity index (χ1) is 15.2. The maximum Gasteiger partial charge on any atom is 0.231 e. The highest BCUT2D eigenvalue weighted by atomic mass is 32.1. The third-order valence-corrected chi connectivity index (χ3v) is 5.94. The van der Waals surface area contributed by atoms with Gasteiger partial charge in [0, 0.05) is 41.0 Å². The van der Waals surface area contributed by atoms with Gasteiger partial charge in [-0.05, 0) is 41.1 Å². The third-order valence-electron chi connectivity index (χ3n) is 5.02. The molecule has 0 spiro atoms. The van der Waals surface area contributed by atoms with Crippen LogP contribution >= 0.6 is 11.3 Å². The third kappa shape index (κ3) is 3.77. The summed E-state index contributed by atoms with van der Waals surface area (Å²) in [6, 6.07) is 14.7. The molecule has 0 fully saturated rings. The molecule has 0 bridgehead atoms. The second-order valence-electron chi connectivity index (χ2n) is 7.18. The van der Waals surface area contributed by atoms with E-state index in [2.05, 4.69) is 71.9 Å². The Bertz CT molecular complexity index is 1390. The van der Waals surface area contributed by atoms with E-state index in [0.29, 0.717) is 23.9 Å². The van der Waals surface area contributed by atoms with Crippen molar-refractivity contribution in [2.75, 3.05) is 5.32 Å². The number of aryl methyl sites for hydroxylation is 1. The van der Waals surface area contributed by atoms with Crippen molar-refractivity contribution in [2.45, 2.75) is 13.5 Å². The van der Waals surface area contributed by atoms with E-state index < -0.39 is 0 Å². The van der Waals surface area contributed by atoms with Crippen molar-refractivity contribution in [3.63, 3.8) is 0 Å². The minimum absolute atomic E-state index is 0.410. The number of nitrogens with one attached hydrogen (secondary N) is 2. The molecule has 6 nitrogen and oxygen atoms in total. The summed E-state index contributed by atoms with van der Waals surface area (Å²) in [4.78, 5) is 21.4. The molecule has 0 saturated heterocycles. The van der Waals surface area contributed by atoms with Crippen LogP contribution in [0.1, 0.15) is 11.1 Å². The molecule has 2 N–H and O–H groups in total. The molecular formula is C24H18N6S. The second-order valence-corrected chi connectivity index (χ2v) is 8.13. The van der Waals surface area contributed by atoms with Crippen LogP contribution in [0, 0.1) is 13.5 Å². The van der Waals surface area contributed by atoms with E-state index in [1.807, 2.05) is 25.4 Å². The average molecular weight is 423 g/mol. The lowest BCUT2D eigenvalue weighted by molar-refractivity contribution is 1.06. The number of aromatic nitrogens is 4. The lowest BCUT2D eigenvalue weighted by Gasteiger charge is -2.09. The minimum Gasteiger partial charge on any atom is -0.350 e. The molecule has 0 aliphatic carbocycles. The van der Waals surface area contributed by atoms with Crippen LogP contribution in [0.15, 0.2) is 66.4 Å².